The van der Waals surface area contributed by atoms with Gasteiger partial charge in [0.25, 0.3) is 0 Å². The molecule has 2 saturated carbocycles. The number of carbonyl (C=O) groups excluding carboxylic acids is 1. The van der Waals surface area contributed by atoms with Crippen LogP contribution in [-0.2, 0) is 33.4 Å². The van der Waals surface area contributed by atoms with E-state index in [0.29, 0.717) is 54.6 Å². The van der Waals surface area contributed by atoms with E-state index in [1.807, 2.05) is 4.90 Å². The third-order valence-corrected chi connectivity index (χ3v) is 9.52. The fourth-order valence-corrected chi connectivity index (χ4v) is 7.56. The average Bonchev–Trinajstić information content (AvgIpc) is 3.57. The number of methoxy groups -OCH3 is 1. The number of hydrogen-bond acceptors (Lipinski definition) is 5. The number of halogens is 3. The summed E-state index contributed by atoms with van der Waals surface area (Å²) in [7, 11) is 1.75. The van der Waals surface area contributed by atoms with E-state index in [4.69, 9.17) is 9.47 Å². The van der Waals surface area contributed by atoms with Crippen molar-refractivity contribution < 1.29 is 27.4 Å². The molecule has 1 aromatic heterocycles. The zero-order valence-corrected chi connectivity index (χ0v) is 20.9. The lowest BCUT2D eigenvalue weighted by atomic mass is 9.78. The quantitative estimate of drug-likeness (QED) is 0.605. The van der Waals surface area contributed by atoms with Gasteiger partial charge in [0.05, 0.1) is 23.7 Å². The van der Waals surface area contributed by atoms with Crippen LogP contribution in [0.2, 0.25) is 0 Å². The van der Waals surface area contributed by atoms with E-state index in [9.17, 15) is 18.0 Å². The molecule has 6 nitrogen and oxygen atoms in total. The molecule has 0 spiro atoms. The summed E-state index contributed by atoms with van der Waals surface area (Å²) in [5, 5.41) is 0. The first-order chi connectivity index (χ1) is 17.3. The minimum absolute atomic E-state index is 0.114. The number of nitrogens with zero attached hydrogens (tertiary/aromatic N) is 3. The zero-order chi connectivity index (χ0) is 25.1. The lowest BCUT2D eigenvalue weighted by molar-refractivity contribution is -0.144. The zero-order valence-electron chi connectivity index (χ0n) is 20.9. The summed E-state index contributed by atoms with van der Waals surface area (Å²) in [6, 6.07) is 1.79. The molecule has 2 aliphatic carbocycles. The second kappa shape index (κ2) is 9.24. The molecule has 36 heavy (non-hydrogen) atoms. The lowest BCUT2D eigenvalue weighted by Crippen LogP contribution is -2.49. The monoisotopic (exact) mass is 507 g/mol. The summed E-state index contributed by atoms with van der Waals surface area (Å²) in [5.41, 5.74) is 0.0567. The van der Waals surface area contributed by atoms with Crippen molar-refractivity contribution in [1.29, 1.82) is 0 Å². The van der Waals surface area contributed by atoms with Gasteiger partial charge in [-0.05, 0) is 67.9 Å². The van der Waals surface area contributed by atoms with Crippen molar-refractivity contribution >= 4 is 5.91 Å². The van der Waals surface area contributed by atoms with Gasteiger partial charge in [0.1, 0.15) is 0 Å². The van der Waals surface area contributed by atoms with Gasteiger partial charge in [0.15, 0.2) is 0 Å². The predicted octanol–water partition coefficient (Wildman–Crippen LogP) is 3.92. The van der Waals surface area contributed by atoms with Gasteiger partial charge in [0.2, 0.25) is 5.91 Å². The van der Waals surface area contributed by atoms with Crippen LogP contribution in [0.4, 0.5) is 13.2 Å². The number of rotatable bonds is 5. The maximum Gasteiger partial charge on any atom is 0.417 e. The van der Waals surface area contributed by atoms with E-state index < -0.39 is 17.2 Å². The Morgan fingerprint density at radius 1 is 1.31 bits per heavy atom. The Labute approximate surface area is 210 Å². The molecule has 0 aromatic carbocycles. The van der Waals surface area contributed by atoms with Gasteiger partial charge in [-0.3, -0.25) is 14.7 Å². The van der Waals surface area contributed by atoms with Gasteiger partial charge in [-0.15, -0.1) is 0 Å². The first-order valence-electron chi connectivity index (χ1n) is 13.5. The first kappa shape index (κ1) is 24.6. The molecule has 1 amide bonds. The van der Waals surface area contributed by atoms with E-state index in [-0.39, 0.29) is 18.6 Å². The molecule has 1 aromatic rings. The molecule has 3 aliphatic heterocycles. The summed E-state index contributed by atoms with van der Waals surface area (Å²) in [6.07, 6.45) is 3.49. The molecule has 6 rings (SSSR count). The number of hydrogen-bond donors (Lipinski definition) is 0. The van der Waals surface area contributed by atoms with Gasteiger partial charge in [-0.2, -0.15) is 13.2 Å². The van der Waals surface area contributed by atoms with Crippen molar-refractivity contribution in [2.45, 2.75) is 69.8 Å². The van der Waals surface area contributed by atoms with Crippen LogP contribution in [0.5, 0.6) is 0 Å². The molecule has 9 heteroatoms. The van der Waals surface area contributed by atoms with Crippen molar-refractivity contribution in [2.75, 3.05) is 40.0 Å². The number of aromatic nitrogens is 1. The number of amides is 1. The largest absolute Gasteiger partial charge is 0.417 e. The Morgan fingerprint density at radius 3 is 2.89 bits per heavy atom. The van der Waals surface area contributed by atoms with Crippen LogP contribution in [0.1, 0.15) is 55.3 Å². The van der Waals surface area contributed by atoms with Crippen LogP contribution in [0.15, 0.2) is 12.3 Å². The average molecular weight is 508 g/mol. The van der Waals surface area contributed by atoms with Crippen molar-refractivity contribution in [1.82, 2.24) is 14.8 Å². The predicted molar refractivity (Wildman–Crippen MR) is 126 cm³/mol. The second-order valence-electron chi connectivity index (χ2n) is 11.8. The molecule has 198 valence electrons. The Morgan fingerprint density at radius 2 is 2.14 bits per heavy atom. The van der Waals surface area contributed by atoms with Crippen molar-refractivity contribution in [2.24, 2.45) is 23.2 Å². The Bertz CT molecular complexity index is 1000. The Balaban J connectivity index is 1.21. The highest BCUT2D eigenvalue weighted by Crippen LogP contribution is 2.56. The van der Waals surface area contributed by atoms with Gasteiger partial charge < -0.3 is 14.4 Å². The standard InChI is InChI=1S/C27H36F3N3O3/c1-35-24-15-36-7-5-18(24)8-17-9-21-14-33(22-2-3-22)16-26(21,11-17)25(34)32-6-4-23-19(13-32)10-20(12-31-23)27(28,29)30/h10,12,17-18,21-22,24H,2-9,11,13-16H2,1H3/t17-,18?,21+,24?,26+/m1/s1. The van der Waals surface area contributed by atoms with E-state index >= 15 is 0 Å². The van der Waals surface area contributed by atoms with Crippen LogP contribution in [0, 0.1) is 23.2 Å². The SMILES string of the molecule is COC1COCCC1C[C@@H]1C[C@H]2CN(C3CC3)C[C@@]2(C(=O)N2CCc3ncc(C(F)(F)F)cc3C2)C1. The van der Waals surface area contributed by atoms with Gasteiger partial charge in [0, 0.05) is 64.2 Å². The topological polar surface area (TPSA) is 54.9 Å². The Kier molecular flexibility index (Phi) is 6.32. The summed E-state index contributed by atoms with van der Waals surface area (Å²) in [5.74, 6) is 1.39. The molecule has 4 fully saturated rings. The number of pyridine rings is 1. The number of ether oxygens (including phenoxy) is 2. The van der Waals surface area contributed by atoms with Crippen LogP contribution in [0.3, 0.4) is 0 Å². The molecule has 2 saturated heterocycles. The molecule has 4 heterocycles. The molecule has 2 unspecified atom stereocenters. The van der Waals surface area contributed by atoms with Crippen molar-refractivity contribution in [3.05, 3.63) is 29.1 Å². The van der Waals surface area contributed by atoms with Crippen LogP contribution >= 0.6 is 0 Å². The number of fused-ring (bicyclic) bond motifs is 2. The van der Waals surface area contributed by atoms with E-state index in [1.54, 1.807) is 7.11 Å². The van der Waals surface area contributed by atoms with Crippen molar-refractivity contribution in [3.8, 4) is 0 Å². The second-order valence-corrected chi connectivity index (χ2v) is 11.8. The highest BCUT2D eigenvalue weighted by atomic mass is 19.4. The van der Waals surface area contributed by atoms with Gasteiger partial charge in [-0.25, -0.2) is 0 Å². The van der Waals surface area contributed by atoms with E-state index in [0.717, 1.165) is 51.6 Å². The van der Waals surface area contributed by atoms with Crippen molar-refractivity contribution in [3.63, 3.8) is 0 Å². The molecule has 0 N–H and O–H groups in total. The summed E-state index contributed by atoms with van der Waals surface area (Å²) in [6.45, 7) is 3.92. The summed E-state index contributed by atoms with van der Waals surface area (Å²) >= 11 is 0. The summed E-state index contributed by atoms with van der Waals surface area (Å²) < 4.78 is 51.2. The first-order valence-corrected chi connectivity index (χ1v) is 13.5. The van der Waals surface area contributed by atoms with E-state index in [1.165, 1.54) is 18.9 Å². The molecule has 5 aliphatic rings. The highest BCUT2D eigenvalue weighted by molar-refractivity contribution is 5.84. The fourth-order valence-electron chi connectivity index (χ4n) is 7.56. The molecule has 5 atom stereocenters. The smallest absolute Gasteiger partial charge is 0.379 e. The van der Waals surface area contributed by atoms with Crippen LogP contribution < -0.4 is 0 Å². The molecule has 0 radical (unpaired) electrons. The third kappa shape index (κ3) is 4.45. The fraction of sp³-hybridized carbons (Fsp3) is 0.778. The summed E-state index contributed by atoms with van der Waals surface area (Å²) in [4.78, 5) is 22.7. The minimum Gasteiger partial charge on any atom is -0.379 e. The number of likely N-dealkylation sites (tertiary alicyclic amines) is 1. The molecule has 0 bridgehead atoms. The highest BCUT2D eigenvalue weighted by Gasteiger charge is 2.60. The number of alkyl halides is 3. The number of carbonyl (C=O) groups is 1. The maximum absolute atomic E-state index is 14.3. The minimum atomic E-state index is -4.43. The van der Waals surface area contributed by atoms with Gasteiger partial charge >= 0.3 is 6.18 Å². The molecular weight excluding hydrogens is 471 g/mol. The van der Waals surface area contributed by atoms with Gasteiger partial charge in [-0.1, -0.05) is 0 Å². The van der Waals surface area contributed by atoms with Crippen LogP contribution in [0.25, 0.3) is 0 Å². The maximum atomic E-state index is 14.3. The Hall–Kier alpha value is -1.71. The van der Waals surface area contributed by atoms with E-state index in [2.05, 4.69) is 9.88 Å². The molecular formula is C27H36F3N3O3. The third-order valence-electron chi connectivity index (χ3n) is 9.52. The normalized spacial score (nSPS) is 35.1. The van der Waals surface area contributed by atoms with Crippen LogP contribution in [-0.4, -0.2) is 72.8 Å². The lowest BCUT2D eigenvalue weighted by Gasteiger charge is -2.37.